The van der Waals surface area contributed by atoms with Crippen LogP contribution in [0.4, 0.5) is 10.1 Å². The van der Waals surface area contributed by atoms with E-state index in [1.165, 1.54) is 12.1 Å². The maximum absolute atomic E-state index is 14.4. The predicted molar refractivity (Wildman–Crippen MR) is 108 cm³/mol. The summed E-state index contributed by atoms with van der Waals surface area (Å²) >= 11 is 0. The maximum atomic E-state index is 14.4. The number of aryl methyl sites for hydroxylation is 1. The third-order valence-electron chi connectivity index (χ3n) is 4.50. The van der Waals surface area contributed by atoms with Gasteiger partial charge in [0.05, 0.1) is 17.6 Å². The number of halogens is 1. The van der Waals surface area contributed by atoms with Crippen LogP contribution in [0.3, 0.4) is 0 Å². The Morgan fingerprint density at radius 2 is 1.75 bits per heavy atom. The molecule has 0 unspecified atom stereocenters. The third kappa shape index (κ3) is 4.48. The lowest BCUT2D eigenvalue weighted by Gasteiger charge is -2.10. The summed E-state index contributed by atoms with van der Waals surface area (Å²) in [6.45, 7) is 1.96. The Hall–Kier alpha value is -2.93. The Balaban J connectivity index is 1.83. The van der Waals surface area contributed by atoms with Crippen LogP contribution in [0.15, 0.2) is 54.6 Å². The second kappa shape index (κ2) is 7.59. The lowest BCUT2D eigenvalue weighted by molar-refractivity contribution is 0.103. The minimum Gasteiger partial charge on any atom is -0.345 e. The van der Waals surface area contributed by atoms with Gasteiger partial charge in [0.25, 0.3) is 0 Å². The average Bonchev–Trinajstić information content (AvgIpc) is 2.96. The highest BCUT2D eigenvalue weighted by atomic mass is 32.2. The van der Waals surface area contributed by atoms with Crippen molar-refractivity contribution in [2.75, 3.05) is 11.0 Å². The number of benzene rings is 2. The number of anilines is 1. The fourth-order valence-electron chi connectivity index (χ4n) is 2.98. The molecule has 1 N–H and O–H groups in total. The van der Waals surface area contributed by atoms with Crippen LogP contribution in [0.2, 0.25) is 0 Å². The summed E-state index contributed by atoms with van der Waals surface area (Å²) in [5.74, 6) is -0.608. The molecule has 0 aliphatic carbocycles. The molecule has 2 aromatic carbocycles. The first-order valence-electron chi connectivity index (χ1n) is 8.66. The van der Waals surface area contributed by atoms with Crippen molar-refractivity contribution < 1.29 is 17.6 Å². The monoisotopic (exact) mass is 400 g/mol. The van der Waals surface area contributed by atoms with Crippen LogP contribution in [-0.4, -0.2) is 25.0 Å². The van der Waals surface area contributed by atoms with Crippen molar-refractivity contribution in [3.05, 3.63) is 88.5 Å². The quantitative estimate of drug-likeness (QED) is 0.642. The van der Waals surface area contributed by atoms with E-state index in [9.17, 15) is 17.6 Å². The molecule has 0 aliphatic heterocycles. The summed E-state index contributed by atoms with van der Waals surface area (Å²) in [5, 5.41) is 0. The van der Waals surface area contributed by atoms with Crippen LogP contribution < -0.4 is 4.72 Å². The number of nitrogens with one attached hydrogen (secondary N) is 1. The number of ketones is 1. The standard InChI is InChI=1S/C21H21FN2O3S/c1-14-4-6-15(7-5-14)21(25)20-11-10-18(24(20)2)12-16-8-9-17(13-19(16)22)23-28(3,26)27/h4-11,13,23H,12H2,1-3H3. The zero-order valence-corrected chi connectivity index (χ0v) is 16.7. The van der Waals surface area contributed by atoms with Crippen LogP contribution in [0.25, 0.3) is 0 Å². The van der Waals surface area contributed by atoms with E-state index in [1.807, 2.05) is 19.1 Å². The van der Waals surface area contributed by atoms with Crippen molar-refractivity contribution in [2.45, 2.75) is 13.3 Å². The highest BCUT2D eigenvalue weighted by Crippen LogP contribution is 2.21. The van der Waals surface area contributed by atoms with E-state index in [0.717, 1.165) is 23.6 Å². The summed E-state index contributed by atoms with van der Waals surface area (Å²) in [6, 6.07) is 15.1. The number of sulfonamides is 1. The Morgan fingerprint density at radius 1 is 1.07 bits per heavy atom. The first-order valence-corrected chi connectivity index (χ1v) is 10.6. The van der Waals surface area contributed by atoms with Gasteiger partial charge in [-0.3, -0.25) is 9.52 Å². The van der Waals surface area contributed by atoms with Gasteiger partial charge in [0.15, 0.2) is 0 Å². The molecule has 1 aromatic heterocycles. The maximum Gasteiger partial charge on any atom is 0.229 e. The zero-order chi connectivity index (χ0) is 20.5. The lowest BCUT2D eigenvalue weighted by atomic mass is 10.1. The van der Waals surface area contributed by atoms with Crippen LogP contribution in [-0.2, 0) is 23.5 Å². The van der Waals surface area contributed by atoms with Gasteiger partial charge in [0.1, 0.15) is 5.82 Å². The van der Waals surface area contributed by atoms with E-state index >= 15 is 0 Å². The van der Waals surface area contributed by atoms with E-state index in [1.54, 1.807) is 35.9 Å². The molecule has 0 saturated carbocycles. The Labute approximate surface area is 163 Å². The van der Waals surface area contributed by atoms with Crippen LogP contribution >= 0.6 is 0 Å². The molecule has 0 bridgehead atoms. The molecule has 0 atom stereocenters. The Bertz CT molecular complexity index is 1130. The second-order valence-corrected chi connectivity index (χ2v) is 8.57. The second-order valence-electron chi connectivity index (χ2n) is 6.82. The molecule has 0 radical (unpaired) electrons. The largest absolute Gasteiger partial charge is 0.345 e. The highest BCUT2D eigenvalue weighted by molar-refractivity contribution is 7.92. The molecule has 28 heavy (non-hydrogen) atoms. The third-order valence-corrected chi connectivity index (χ3v) is 5.11. The molecule has 7 heteroatoms. The summed E-state index contributed by atoms with van der Waals surface area (Å²) < 4.78 is 40.9. The first kappa shape index (κ1) is 19.8. The van der Waals surface area contributed by atoms with E-state index in [4.69, 9.17) is 0 Å². The van der Waals surface area contributed by atoms with Gasteiger partial charge in [-0.2, -0.15) is 0 Å². The molecule has 3 rings (SSSR count). The molecule has 1 heterocycles. The van der Waals surface area contributed by atoms with Gasteiger partial charge >= 0.3 is 0 Å². The van der Waals surface area contributed by atoms with E-state index < -0.39 is 15.8 Å². The number of hydrogen-bond acceptors (Lipinski definition) is 3. The van der Waals surface area contributed by atoms with Crippen LogP contribution in [0.5, 0.6) is 0 Å². The van der Waals surface area contributed by atoms with Crippen molar-refractivity contribution in [3.63, 3.8) is 0 Å². The molecule has 146 valence electrons. The molecule has 0 fully saturated rings. The van der Waals surface area contributed by atoms with E-state index in [0.29, 0.717) is 16.8 Å². The summed E-state index contributed by atoms with van der Waals surface area (Å²) in [4.78, 5) is 12.7. The fraction of sp³-hybridized carbons (Fsp3) is 0.190. The predicted octanol–water partition coefficient (Wildman–Crippen LogP) is 3.67. The molecular weight excluding hydrogens is 379 g/mol. The zero-order valence-electron chi connectivity index (χ0n) is 15.9. The summed E-state index contributed by atoms with van der Waals surface area (Å²) in [6.07, 6.45) is 1.29. The molecule has 0 amide bonds. The van der Waals surface area contributed by atoms with Crippen molar-refractivity contribution in [1.29, 1.82) is 0 Å². The number of hydrogen-bond donors (Lipinski definition) is 1. The van der Waals surface area contributed by atoms with Gasteiger partial charge in [-0.25, -0.2) is 12.8 Å². The minimum atomic E-state index is -3.47. The van der Waals surface area contributed by atoms with E-state index in [2.05, 4.69) is 4.72 Å². The molecular formula is C21H21FN2O3S. The van der Waals surface area contributed by atoms with Crippen molar-refractivity contribution in [2.24, 2.45) is 7.05 Å². The van der Waals surface area contributed by atoms with Gasteiger partial charge in [-0.15, -0.1) is 0 Å². The fourth-order valence-corrected chi connectivity index (χ4v) is 3.53. The Morgan fingerprint density at radius 3 is 2.36 bits per heavy atom. The molecule has 0 saturated heterocycles. The van der Waals surface area contributed by atoms with Crippen LogP contribution in [0, 0.1) is 12.7 Å². The summed E-state index contributed by atoms with van der Waals surface area (Å²) in [5.41, 5.74) is 3.56. The normalized spacial score (nSPS) is 11.4. The van der Waals surface area contributed by atoms with Gasteiger partial charge in [0.2, 0.25) is 15.8 Å². The molecule has 5 nitrogen and oxygen atoms in total. The average molecular weight is 400 g/mol. The van der Waals surface area contributed by atoms with Gasteiger partial charge in [-0.05, 0) is 36.8 Å². The van der Waals surface area contributed by atoms with Crippen LogP contribution in [0.1, 0.15) is 32.9 Å². The molecule has 0 aliphatic rings. The van der Waals surface area contributed by atoms with Crippen molar-refractivity contribution in [1.82, 2.24) is 4.57 Å². The highest BCUT2D eigenvalue weighted by Gasteiger charge is 2.16. The van der Waals surface area contributed by atoms with Gasteiger partial charge < -0.3 is 4.57 Å². The van der Waals surface area contributed by atoms with Gasteiger partial charge in [-0.1, -0.05) is 35.9 Å². The minimum absolute atomic E-state index is 0.0954. The Kier molecular flexibility index (Phi) is 5.38. The summed E-state index contributed by atoms with van der Waals surface area (Å²) in [7, 11) is -1.69. The molecule has 0 spiro atoms. The lowest BCUT2D eigenvalue weighted by Crippen LogP contribution is -2.11. The number of rotatable bonds is 6. The van der Waals surface area contributed by atoms with E-state index in [-0.39, 0.29) is 17.9 Å². The smallest absolute Gasteiger partial charge is 0.229 e. The van der Waals surface area contributed by atoms with Gasteiger partial charge in [0, 0.05) is 24.7 Å². The first-order chi connectivity index (χ1) is 13.1. The number of nitrogens with zero attached hydrogens (tertiary/aromatic N) is 1. The number of carbonyl (C=O) groups excluding carboxylic acids is 1. The van der Waals surface area contributed by atoms with Crippen molar-refractivity contribution >= 4 is 21.5 Å². The number of carbonyl (C=O) groups is 1. The van der Waals surface area contributed by atoms with Crippen molar-refractivity contribution in [3.8, 4) is 0 Å². The molecule has 3 aromatic rings. The number of aromatic nitrogens is 1. The SMILES string of the molecule is Cc1ccc(C(=O)c2ccc(Cc3ccc(NS(C)(=O)=O)cc3F)n2C)cc1. The topological polar surface area (TPSA) is 68.2 Å².